The minimum atomic E-state index is -0.125. The molecule has 4 heteroatoms. The molecule has 0 radical (unpaired) electrons. The highest BCUT2D eigenvalue weighted by Gasteiger charge is 2.07. The second kappa shape index (κ2) is 5.13. The van der Waals surface area contributed by atoms with Crippen LogP contribution in [-0.2, 0) is 9.59 Å². The lowest BCUT2D eigenvalue weighted by Gasteiger charge is -2.09. The van der Waals surface area contributed by atoms with Crippen LogP contribution in [0, 0.1) is 0 Å². The summed E-state index contributed by atoms with van der Waals surface area (Å²) in [4.78, 5) is 21.2. The Morgan fingerprint density at radius 3 is 2.45 bits per heavy atom. The zero-order valence-corrected chi connectivity index (χ0v) is 7.44. The lowest BCUT2D eigenvalue weighted by Crippen LogP contribution is -2.32. The second-order valence-corrected chi connectivity index (χ2v) is 2.75. The Morgan fingerprint density at radius 2 is 2.09 bits per heavy atom. The van der Waals surface area contributed by atoms with Gasteiger partial charge in [-0.2, -0.15) is 0 Å². The van der Waals surface area contributed by atoms with Crippen LogP contribution in [0.15, 0.2) is 0 Å². The average molecular weight is 178 g/mol. The first-order valence-electron chi connectivity index (χ1n) is 3.41. The van der Waals surface area contributed by atoms with Crippen molar-refractivity contribution in [1.29, 1.82) is 0 Å². The minimum absolute atomic E-state index is 0.0178. The smallest absolute Gasteiger partial charge is 0.217 e. The van der Waals surface area contributed by atoms with Gasteiger partial charge in [0, 0.05) is 19.4 Å². The summed E-state index contributed by atoms with van der Waals surface area (Å²) in [5.74, 6) is -0.156. The molecule has 0 fully saturated rings. The summed E-state index contributed by atoms with van der Waals surface area (Å²) in [6, 6.07) is -0.112. The summed E-state index contributed by atoms with van der Waals surface area (Å²) < 4.78 is 0. The van der Waals surface area contributed by atoms with Crippen molar-refractivity contribution in [2.24, 2.45) is 0 Å². The molecule has 3 nitrogen and oxygen atoms in total. The van der Waals surface area contributed by atoms with Crippen LogP contribution in [0.2, 0.25) is 0 Å². The molecule has 0 bridgehead atoms. The maximum Gasteiger partial charge on any atom is 0.217 e. The number of hydrogen-bond donors (Lipinski definition) is 1. The van der Waals surface area contributed by atoms with E-state index in [2.05, 4.69) is 5.32 Å². The molecular weight excluding hydrogens is 166 g/mol. The number of alkyl halides is 1. The zero-order valence-electron chi connectivity index (χ0n) is 6.69. The van der Waals surface area contributed by atoms with Gasteiger partial charge in [-0.15, -0.1) is 11.6 Å². The van der Waals surface area contributed by atoms with Crippen molar-refractivity contribution in [3.05, 3.63) is 0 Å². The standard InChI is InChI=1S/C7H12ClNO2/c1-5(9-6(2)10)3-7(11)4-8/h5H,3-4H2,1-2H3,(H,9,10). The van der Waals surface area contributed by atoms with Crippen LogP contribution in [0.25, 0.3) is 0 Å². The molecule has 0 spiro atoms. The number of hydrogen-bond acceptors (Lipinski definition) is 2. The van der Waals surface area contributed by atoms with Gasteiger partial charge in [-0.3, -0.25) is 9.59 Å². The summed E-state index contributed by atoms with van der Waals surface area (Å²) >= 11 is 5.27. The predicted molar refractivity (Wildman–Crippen MR) is 43.6 cm³/mol. The Labute approximate surface area is 71.1 Å². The highest BCUT2D eigenvalue weighted by molar-refractivity contribution is 6.27. The Kier molecular flexibility index (Phi) is 4.86. The third kappa shape index (κ3) is 5.85. The second-order valence-electron chi connectivity index (χ2n) is 2.48. The molecule has 0 aliphatic carbocycles. The van der Waals surface area contributed by atoms with Crippen molar-refractivity contribution in [3.63, 3.8) is 0 Å². The summed E-state index contributed by atoms with van der Waals surface area (Å²) in [6.07, 6.45) is 0.309. The largest absolute Gasteiger partial charge is 0.353 e. The van der Waals surface area contributed by atoms with Gasteiger partial charge in [0.25, 0.3) is 0 Å². The molecule has 0 aliphatic heterocycles. The van der Waals surface area contributed by atoms with E-state index in [0.717, 1.165) is 0 Å². The summed E-state index contributed by atoms with van der Waals surface area (Å²) in [7, 11) is 0. The third-order valence-electron chi connectivity index (χ3n) is 1.13. The van der Waals surface area contributed by atoms with Crippen LogP contribution in [0.1, 0.15) is 20.3 Å². The minimum Gasteiger partial charge on any atom is -0.353 e. The van der Waals surface area contributed by atoms with Crippen LogP contribution < -0.4 is 5.32 Å². The van der Waals surface area contributed by atoms with Gasteiger partial charge in [0.2, 0.25) is 5.91 Å². The molecule has 0 aromatic rings. The first kappa shape index (κ1) is 10.4. The van der Waals surface area contributed by atoms with Crippen LogP contribution in [-0.4, -0.2) is 23.6 Å². The molecule has 0 aliphatic rings. The number of halogens is 1. The fraction of sp³-hybridized carbons (Fsp3) is 0.714. The summed E-state index contributed by atoms with van der Waals surface area (Å²) in [5.41, 5.74) is 0. The monoisotopic (exact) mass is 177 g/mol. The fourth-order valence-electron chi connectivity index (χ4n) is 0.794. The molecule has 1 atom stereocenters. The highest BCUT2D eigenvalue weighted by Crippen LogP contribution is 1.93. The summed E-state index contributed by atoms with van der Waals surface area (Å²) in [6.45, 7) is 3.19. The topological polar surface area (TPSA) is 46.2 Å². The first-order chi connectivity index (χ1) is 5.06. The van der Waals surface area contributed by atoms with Crippen molar-refractivity contribution in [3.8, 4) is 0 Å². The van der Waals surface area contributed by atoms with E-state index in [1.54, 1.807) is 6.92 Å². The van der Waals surface area contributed by atoms with E-state index in [9.17, 15) is 9.59 Å². The van der Waals surface area contributed by atoms with E-state index in [1.165, 1.54) is 6.92 Å². The first-order valence-corrected chi connectivity index (χ1v) is 3.94. The lowest BCUT2D eigenvalue weighted by molar-refractivity contribution is -0.120. The van der Waals surface area contributed by atoms with E-state index < -0.39 is 0 Å². The fourth-order valence-corrected chi connectivity index (χ4v) is 0.903. The quantitative estimate of drug-likeness (QED) is 0.643. The normalized spacial score (nSPS) is 12.3. The lowest BCUT2D eigenvalue weighted by atomic mass is 10.2. The van der Waals surface area contributed by atoms with Gasteiger partial charge < -0.3 is 5.32 Å². The molecule has 1 unspecified atom stereocenters. The molecule has 0 rings (SSSR count). The van der Waals surface area contributed by atoms with Gasteiger partial charge in [-0.25, -0.2) is 0 Å². The molecule has 1 N–H and O–H groups in total. The molecule has 0 saturated heterocycles. The average Bonchev–Trinajstić information content (AvgIpc) is 1.85. The maximum absolute atomic E-state index is 10.7. The Morgan fingerprint density at radius 1 is 1.55 bits per heavy atom. The number of nitrogens with one attached hydrogen (secondary N) is 1. The van der Waals surface area contributed by atoms with Crippen molar-refractivity contribution >= 4 is 23.3 Å². The molecule has 0 aromatic carbocycles. The van der Waals surface area contributed by atoms with Crippen LogP contribution >= 0.6 is 11.6 Å². The van der Waals surface area contributed by atoms with Crippen LogP contribution in [0.4, 0.5) is 0 Å². The van der Waals surface area contributed by atoms with Gasteiger partial charge in [0.1, 0.15) is 5.78 Å². The van der Waals surface area contributed by atoms with E-state index in [4.69, 9.17) is 11.6 Å². The summed E-state index contributed by atoms with van der Waals surface area (Å²) in [5, 5.41) is 2.59. The van der Waals surface area contributed by atoms with Crippen molar-refractivity contribution in [2.45, 2.75) is 26.3 Å². The molecule has 0 heterocycles. The maximum atomic E-state index is 10.7. The third-order valence-corrected chi connectivity index (χ3v) is 1.43. The number of amides is 1. The van der Waals surface area contributed by atoms with Crippen LogP contribution in [0.3, 0.4) is 0 Å². The van der Waals surface area contributed by atoms with Gasteiger partial charge in [-0.05, 0) is 6.92 Å². The number of carbonyl (C=O) groups is 2. The Hall–Kier alpha value is -0.570. The zero-order chi connectivity index (χ0) is 8.85. The Balaban J connectivity index is 3.60. The molecular formula is C7H12ClNO2. The number of carbonyl (C=O) groups excluding carboxylic acids is 2. The SMILES string of the molecule is CC(=O)NC(C)CC(=O)CCl. The number of ketones is 1. The van der Waals surface area contributed by atoms with Crippen molar-refractivity contribution in [1.82, 2.24) is 5.32 Å². The van der Waals surface area contributed by atoms with Gasteiger partial charge in [0.05, 0.1) is 5.88 Å². The predicted octanol–water partition coefficient (Wildman–Crippen LogP) is 0.709. The number of rotatable bonds is 4. The van der Waals surface area contributed by atoms with Crippen LogP contribution in [0.5, 0.6) is 0 Å². The van der Waals surface area contributed by atoms with Crippen molar-refractivity contribution < 1.29 is 9.59 Å². The molecule has 0 aromatic heterocycles. The van der Waals surface area contributed by atoms with Gasteiger partial charge >= 0.3 is 0 Å². The van der Waals surface area contributed by atoms with E-state index >= 15 is 0 Å². The van der Waals surface area contributed by atoms with Gasteiger partial charge in [-0.1, -0.05) is 0 Å². The number of Topliss-reactive ketones (excluding diaryl/α,β-unsaturated/α-hetero) is 1. The highest BCUT2D eigenvalue weighted by atomic mass is 35.5. The molecule has 64 valence electrons. The van der Waals surface area contributed by atoms with E-state index in [1.807, 2.05) is 0 Å². The van der Waals surface area contributed by atoms with E-state index in [0.29, 0.717) is 6.42 Å². The molecule has 0 saturated carbocycles. The van der Waals surface area contributed by atoms with Crippen molar-refractivity contribution in [2.75, 3.05) is 5.88 Å². The van der Waals surface area contributed by atoms with Gasteiger partial charge in [0.15, 0.2) is 0 Å². The molecule has 1 amide bonds. The Bertz CT molecular complexity index is 159. The molecule has 11 heavy (non-hydrogen) atoms. The van der Waals surface area contributed by atoms with E-state index in [-0.39, 0.29) is 23.6 Å².